The molecular formula is C31H33F3N4O5. The fraction of sp³-hybridized carbons (Fsp3) is 0.323. The van der Waals surface area contributed by atoms with Gasteiger partial charge >= 0.3 is 12.3 Å². The van der Waals surface area contributed by atoms with Crippen molar-refractivity contribution >= 4 is 22.9 Å². The van der Waals surface area contributed by atoms with Crippen molar-refractivity contribution in [2.24, 2.45) is 0 Å². The summed E-state index contributed by atoms with van der Waals surface area (Å²) in [6.45, 7) is 9.39. The molecule has 0 fully saturated rings. The lowest BCUT2D eigenvalue weighted by atomic mass is 10.0. The zero-order chi connectivity index (χ0) is 31.4. The van der Waals surface area contributed by atoms with E-state index in [0.29, 0.717) is 39.7 Å². The Labute approximate surface area is 246 Å². The largest absolute Gasteiger partial charge is 0.491 e. The number of hydrogen-bond acceptors (Lipinski definition) is 6. The number of benzene rings is 2. The second kappa shape index (κ2) is 12.6. The summed E-state index contributed by atoms with van der Waals surface area (Å²) in [5.74, 6) is 0.546. The minimum Gasteiger partial charge on any atom is -0.491 e. The van der Waals surface area contributed by atoms with Gasteiger partial charge in [0.1, 0.15) is 22.8 Å². The molecule has 9 nitrogen and oxygen atoms in total. The van der Waals surface area contributed by atoms with Crippen molar-refractivity contribution < 1.29 is 37.0 Å². The molecule has 0 bridgehead atoms. The van der Waals surface area contributed by atoms with Crippen molar-refractivity contribution in [2.75, 3.05) is 13.1 Å². The van der Waals surface area contributed by atoms with Gasteiger partial charge in [-0.2, -0.15) is 13.2 Å². The van der Waals surface area contributed by atoms with Crippen LogP contribution < -0.4 is 20.1 Å². The van der Waals surface area contributed by atoms with Gasteiger partial charge in [0.05, 0.1) is 11.7 Å². The van der Waals surface area contributed by atoms with E-state index in [0.717, 1.165) is 12.1 Å². The normalized spacial score (nSPS) is 11.8. The highest BCUT2D eigenvalue weighted by Crippen LogP contribution is 2.37. The van der Waals surface area contributed by atoms with Crippen LogP contribution in [0, 0.1) is 0 Å². The van der Waals surface area contributed by atoms with E-state index >= 15 is 0 Å². The van der Waals surface area contributed by atoms with Gasteiger partial charge in [-0.3, -0.25) is 4.79 Å². The number of H-pyrrole nitrogens is 1. The summed E-state index contributed by atoms with van der Waals surface area (Å²) in [6, 6.07) is 14.3. The highest BCUT2D eigenvalue weighted by atomic mass is 19.4. The van der Waals surface area contributed by atoms with Gasteiger partial charge in [-0.05, 0) is 76.6 Å². The Morgan fingerprint density at radius 1 is 0.930 bits per heavy atom. The van der Waals surface area contributed by atoms with Crippen molar-refractivity contribution in [3.05, 3.63) is 72.1 Å². The van der Waals surface area contributed by atoms with E-state index < -0.39 is 29.3 Å². The molecule has 0 saturated carbocycles. The Bertz CT molecular complexity index is 1570. The van der Waals surface area contributed by atoms with Crippen LogP contribution in [-0.2, 0) is 10.9 Å². The molecule has 2 heterocycles. The molecule has 4 aromatic rings. The highest BCUT2D eigenvalue weighted by molar-refractivity contribution is 6.10. The number of hydrogen-bond donors (Lipinski definition) is 3. The lowest BCUT2D eigenvalue weighted by Crippen LogP contribution is -2.38. The lowest BCUT2D eigenvalue weighted by Gasteiger charge is -2.19. The predicted molar refractivity (Wildman–Crippen MR) is 155 cm³/mol. The monoisotopic (exact) mass is 598 g/mol. The molecule has 43 heavy (non-hydrogen) atoms. The molecule has 2 amide bonds. The quantitative estimate of drug-likeness (QED) is 0.177. The molecule has 0 radical (unpaired) electrons. The van der Waals surface area contributed by atoms with Gasteiger partial charge < -0.3 is 29.8 Å². The van der Waals surface area contributed by atoms with E-state index in [4.69, 9.17) is 14.2 Å². The Hall–Kier alpha value is -4.74. The molecular weight excluding hydrogens is 565 g/mol. The number of halogens is 3. The molecule has 4 rings (SSSR count). The van der Waals surface area contributed by atoms with Crippen LogP contribution in [0.2, 0.25) is 0 Å². The van der Waals surface area contributed by atoms with Crippen LogP contribution >= 0.6 is 0 Å². The molecule has 2 aromatic carbocycles. The molecule has 2 aromatic heterocycles. The smallest absolute Gasteiger partial charge is 0.417 e. The van der Waals surface area contributed by atoms with Gasteiger partial charge in [0.25, 0.3) is 5.91 Å². The second-order valence-corrected chi connectivity index (χ2v) is 10.9. The number of alkyl halides is 3. The van der Waals surface area contributed by atoms with Crippen LogP contribution in [0.4, 0.5) is 18.0 Å². The summed E-state index contributed by atoms with van der Waals surface area (Å²) in [6.07, 6.45) is -4.42. The second-order valence-electron chi connectivity index (χ2n) is 10.9. The minimum atomic E-state index is -4.51. The summed E-state index contributed by atoms with van der Waals surface area (Å²) >= 11 is 0. The number of aromatic amines is 1. The number of nitrogens with one attached hydrogen (secondary N) is 3. The van der Waals surface area contributed by atoms with Crippen LogP contribution in [0.3, 0.4) is 0 Å². The molecule has 0 spiro atoms. The summed E-state index contributed by atoms with van der Waals surface area (Å²) in [7, 11) is 0. The summed E-state index contributed by atoms with van der Waals surface area (Å²) in [5.41, 5.74) is 0.661. The SMILES string of the molecule is CC(C)Oc1ccc(-c2c(C(=O)NCCNC(=O)OC(C)(C)C)[nH]c3ccc(Oc4ccc(C(F)(F)F)cn4)cc23)cc1. The third kappa shape index (κ3) is 8.40. The fourth-order valence-electron chi connectivity index (χ4n) is 4.15. The number of fused-ring (bicyclic) bond motifs is 1. The third-order valence-corrected chi connectivity index (χ3v) is 5.88. The van der Waals surface area contributed by atoms with E-state index in [1.165, 1.54) is 0 Å². The first-order valence-electron chi connectivity index (χ1n) is 13.6. The summed E-state index contributed by atoms with van der Waals surface area (Å²) < 4.78 is 55.5. The molecule has 0 aliphatic heterocycles. The third-order valence-electron chi connectivity index (χ3n) is 5.88. The maximum absolute atomic E-state index is 13.3. The van der Waals surface area contributed by atoms with Crippen LogP contribution in [0.5, 0.6) is 17.4 Å². The molecule has 228 valence electrons. The Kier molecular flexibility index (Phi) is 9.17. The van der Waals surface area contributed by atoms with Crippen molar-refractivity contribution in [1.29, 1.82) is 0 Å². The van der Waals surface area contributed by atoms with E-state index in [2.05, 4.69) is 20.6 Å². The van der Waals surface area contributed by atoms with Gasteiger partial charge in [0, 0.05) is 41.8 Å². The summed E-state index contributed by atoms with van der Waals surface area (Å²) in [5, 5.41) is 6.04. The molecule has 0 aliphatic carbocycles. The molecule has 3 N–H and O–H groups in total. The Balaban J connectivity index is 1.61. The van der Waals surface area contributed by atoms with Crippen LogP contribution in [-0.4, -0.2) is 46.8 Å². The van der Waals surface area contributed by atoms with Gasteiger partial charge in [0.2, 0.25) is 5.88 Å². The minimum absolute atomic E-state index is 0.0184. The van der Waals surface area contributed by atoms with E-state index in [1.54, 1.807) is 51.1 Å². The maximum atomic E-state index is 13.3. The van der Waals surface area contributed by atoms with Crippen molar-refractivity contribution in [3.63, 3.8) is 0 Å². The van der Waals surface area contributed by atoms with Gasteiger partial charge in [-0.15, -0.1) is 0 Å². The standard InChI is InChI=1S/C31H33F3N4O5/c1-18(2)41-21-9-6-19(7-10-21)26-23-16-22(42-25-13-8-20(17-37-25)31(32,33)34)11-12-24(23)38-27(26)28(39)35-14-15-36-29(40)43-30(3,4)5/h6-13,16-18,38H,14-15H2,1-5H3,(H,35,39)(H,36,40). The molecule has 12 heteroatoms. The number of nitrogens with zero attached hydrogens (tertiary/aromatic N) is 1. The van der Waals surface area contributed by atoms with E-state index in [-0.39, 0.29) is 30.8 Å². The Morgan fingerprint density at radius 3 is 2.21 bits per heavy atom. The van der Waals surface area contributed by atoms with Crippen LogP contribution in [0.15, 0.2) is 60.8 Å². The van der Waals surface area contributed by atoms with Crippen molar-refractivity contribution in [1.82, 2.24) is 20.6 Å². The fourth-order valence-corrected chi connectivity index (χ4v) is 4.15. The highest BCUT2D eigenvalue weighted by Gasteiger charge is 2.30. The van der Waals surface area contributed by atoms with Crippen LogP contribution in [0.1, 0.15) is 50.7 Å². The van der Waals surface area contributed by atoms with E-state index in [1.807, 2.05) is 26.0 Å². The van der Waals surface area contributed by atoms with Crippen molar-refractivity contribution in [3.8, 4) is 28.5 Å². The number of amides is 2. The molecule has 0 atom stereocenters. The zero-order valence-electron chi connectivity index (χ0n) is 24.4. The Morgan fingerprint density at radius 2 is 1.60 bits per heavy atom. The first kappa shape index (κ1) is 31.2. The first-order chi connectivity index (χ1) is 20.2. The number of aromatic nitrogens is 2. The number of carbonyl (C=O) groups is 2. The number of alkyl carbamates (subject to hydrolysis) is 1. The average molecular weight is 599 g/mol. The maximum Gasteiger partial charge on any atom is 0.417 e. The van der Waals surface area contributed by atoms with Crippen LogP contribution in [0.25, 0.3) is 22.0 Å². The molecule has 0 saturated heterocycles. The number of pyridine rings is 1. The summed E-state index contributed by atoms with van der Waals surface area (Å²) in [4.78, 5) is 32.2. The predicted octanol–water partition coefficient (Wildman–Crippen LogP) is 7.08. The first-order valence-corrected chi connectivity index (χ1v) is 13.6. The number of rotatable bonds is 9. The van der Waals surface area contributed by atoms with Gasteiger partial charge in [0.15, 0.2) is 0 Å². The molecule has 0 unspecified atom stereocenters. The van der Waals surface area contributed by atoms with E-state index in [9.17, 15) is 22.8 Å². The number of carbonyl (C=O) groups excluding carboxylic acids is 2. The number of ether oxygens (including phenoxy) is 3. The van der Waals surface area contributed by atoms with Gasteiger partial charge in [-0.25, -0.2) is 9.78 Å². The topological polar surface area (TPSA) is 115 Å². The van der Waals surface area contributed by atoms with Crippen molar-refractivity contribution in [2.45, 2.75) is 52.5 Å². The zero-order valence-corrected chi connectivity index (χ0v) is 24.4. The average Bonchev–Trinajstić information content (AvgIpc) is 3.29. The lowest BCUT2D eigenvalue weighted by molar-refractivity contribution is -0.137. The molecule has 0 aliphatic rings. The van der Waals surface area contributed by atoms with Gasteiger partial charge in [-0.1, -0.05) is 12.1 Å².